The number of ether oxygens (including phenoxy) is 1. The van der Waals surface area contributed by atoms with Crippen LogP contribution >= 0.6 is 0 Å². The summed E-state index contributed by atoms with van der Waals surface area (Å²) in [6.45, 7) is 7.24. The summed E-state index contributed by atoms with van der Waals surface area (Å²) in [6.07, 6.45) is 0.0967. The predicted octanol–water partition coefficient (Wildman–Crippen LogP) is 1.20. The number of imidazole rings is 1. The highest BCUT2D eigenvalue weighted by Crippen LogP contribution is 2.29. The van der Waals surface area contributed by atoms with Crippen LogP contribution in [0.1, 0.15) is 51.3 Å². The van der Waals surface area contributed by atoms with Crippen LogP contribution in [0.5, 0.6) is 0 Å². The zero-order valence-corrected chi connectivity index (χ0v) is 18.8. The highest BCUT2D eigenvalue weighted by molar-refractivity contribution is 6.00. The molecule has 2 saturated heterocycles. The zero-order valence-electron chi connectivity index (χ0n) is 18.8. The molecule has 0 aliphatic carbocycles. The Bertz CT molecular complexity index is 1140. The van der Waals surface area contributed by atoms with E-state index in [-0.39, 0.29) is 36.6 Å². The third kappa shape index (κ3) is 4.02. The van der Waals surface area contributed by atoms with Crippen molar-refractivity contribution in [3.8, 4) is 0 Å². The van der Waals surface area contributed by atoms with E-state index in [4.69, 9.17) is 4.74 Å². The van der Waals surface area contributed by atoms with Gasteiger partial charge in [-0.1, -0.05) is 6.07 Å². The van der Waals surface area contributed by atoms with Gasteiger partial charge < -0.3 is 10.1 Å². The molecule has 0 spiro atoms. The first-order chi connectivity index (χ1) is 15.1. The Morgan fingerprint density at radius 3 is 2.56 bits per heavy atom. The second kappa shape index (κ2) is 8.09. The minimum atomic E-state index is -0.732. The lowest BCUT2D eigenvalue weighted by atomic mass is 10.0. The molecule has 3 heterocycles. The summed E-state index contributed by atoms with van der Waals surface area (Å²) in [6, 6.07) is 4.58. The van der Waals surface area contributed by atoms with Gasteiger partial charge in [0, 0.05) is 33.1 Å². The van der Waals surface area contributed by atoms with Gasteiger partial charge in [0.2, 0.25) is 11.8 Å². The molecule has 0 bridgehead atoms. The van der Waals surface area contributed by atoms with Crippen LogP contribution in [0, 0.1) is 0 Å². The molecule has 2 fully saturated rings. The number of hydrogen-bond donors (Lipinski definition) is 2. The number of imide groups is 1. The first kappa shape index (κ1) is 22.1. The van der Waals surface area contributed by atoms with Crippen molar-refractivity contribution in [1.29, 1.82) is 0 Å². The van der Waals surface area contributed by atoms with Gasteiger partial charge in [0.25, 0.3) is 0 Å². The molecule has 0 radical (unpaired) electrons. The number of aryl methyl sites for hydroxylation is 1. The summed E-state index contributed by atoms with van der Waals surface area (Å²) >= 11 is 0. The van der Waals surface area contributed by atoms with Crippen LogP contribution in [0.3, 0.4) is 0 Å². The van der Waals surface area contributed by atoms with Crippen molar-refractivity contribution < 1.29 is 19.1 Å². The molecule has 2 unspecified atom stereocenters. The SMILES string of the molecule is Cn1c(=O)n(C2CCC(=O)NC2=O)c2ccc(C3CNCCN3C(=O)OC(C)(C)C)cc21. The molecular formula is C22H29N5O5. The molecule has 2 atom stereocenters. The third-order valence-electron chi connectivity index (χ3n) is 5.89. The molecular weight excluding hydrogens is 414 g/mol. The molecule has 172 valence electrons. The monoisotopic (exact) mass is 443 g/mol. The van der Waals surface area contributed by atoms with Crippen LogP contribution in [-0.2, 0) is 21.4 Å². The first-order valence-electron chi connectivity index (χ1n) is 10.8. The van der Waals surface area contributed by atoms with Gasteiger partial charge >= 0.3 is 11.8 Å². The number of piperidine rings is 1. The fourth-order valence-corrected chi connectivity index (χ4v) is 4.36. The normalized spacial score (nSPS) is 22.2. The second-order valence-corrected chi connectivity index (χ2v) is 9.32. The minimum absolute atomic E-state index is 0.190. The van der Waals surface area contributed by atoms with Crippen LogP contribution in [0.25, 0.3) is 11.0 Å². The molecule has 32 heavy (non-hydrogen) atoms. The summed E-state index contributed by atoms with van der Waals surface area (Å²) < 4.78 is 8.54. The van der Waals surface area contributed by atoms with E-state index in [1.807, 2.05) is 32.9 Å². The standard InChI is InChI=1S/C22H29N5O5/c1-22(2,3)32-21(31)26-10-9-23-12-17(26)13-5-6-14-16(11-13)25(4)20(30)27(14)15-7-8-18(28)24-19(15)29/h5-6,11,15,17,23H,7-10,12H2,1-4H3,(H,24,28,29). The number of amides is 3. The third-order valence-corrected chi connectivity index (χ3v) is 5.89. The van der Waals surface area contributed by atoms with E-state index < -0.39 is 17.6 Å². The Labute approximate surface area is 185 Å². The van der Waals surface area contributed by atoms with Crippen molar-refractivity contribution in [2.24, 2.45) is 7.05 Å². The molecule has 1 aromatic heterocycles. The molecule has 4 rings (SSSR count). The highest BCUT2D eigenvalue weighted by atomic mass is 16.6. The van der Waals surface area contributed by atoms with Crippen molar-refractivity contribution >= 4 is 28.9 Å². The van der Waals surface area contributed by atoms with Crippen molar-refractivity contribution in [3.63, 3.8) is 0 Å². The molecule has 10 nitrogen and oxygen atoms in total. The molecule has 10 heteroatoms. The smallest absolute Gasteiger partial charge is 0.410 e. The van der Waals surface area contributed by atoms with Crippen molar-refractivity contribution in [2.45, 2.75) is 51.3 Å². The maximum Gasteiger partial charge on any atom is 0.410 e. The Morgan fingerprint density at radius 2 is 1.88 bits per heavy atom. The van der Waals surface area contributed by atoms with Gasteiger partial charge in [-0.25, -0.2) is 9.59 Å². The number of rotatable bonds is 2. The summed E-state index contributed by atoms with van der Waals surface area (Å²) in [5.41, 5.74) is 1.22. The molecule has 1 aromatic carbocycles. The van der Waals surface area contributed by atoms with E-state index in [2.05, 4.69) is 10.6 Å². The van der Waals surface area contributed by atoms with E-state index >= 15 is 0 Å². The van der Waals surface area contributed by atoms with Crippen molar-refractivity contribution in [1.82, 2.24) is 24.7 Å². The minimum Gasteiger partial charge on any atom is -0.444 e. The van der Waals surface area contributed by atoms with Crippen LogP contribution in [0.15, 0.2) is 23.0 Å². The van der Waals surface area contributed by atoms with Crippen molar-refractivity contribution in [2.75, 3.05) is 19.6 Å². The van der Waals surface area contributed by atoms with Crippen LogP contribution in [-0.4, -0.2) is 57.2 Å². The first-order valence-corrected chi connectivity index (χ1v) is 10.8. The van der Waals surface area contributed by atoms with Gasteiger partial charge in [0.15, 0.2) is 0 Å². The number of nitrogens with zero attached hydrogens (tertiary/aromatic N) is 3. The zero-order chi connectivity index (χ0) is 23.2. The summed E-state index contributed by atoms with van der Waals surface area (Å²) in [4.78, 5) is 51.4. The maximum atomic E-state index is 13.0. The molecule has 2 aliphatic heterocycles. The topological polar surface area (TPSA) is 115 Å². The lowest BCUT2D eigenvalue weighted by molar-refractivity contribution is -0.135. The van der Waals surface area contributed by atoms with Crippen molar-refractivity contribution in [3.05, 3.63) is 34.2 Å². The maximum absolute atomic E-state index is 13.0. The Morgan fingerprint density at radius 1 is 1.12 bits per heavy atom. The van der Waals surface area contributed by atoms with Gasteiger partial charge in [-0.3, -0.25) is 28.9 Å². The number of carbonyl (C=O) groups is 3. The largest absolute Gasteiger partial charge is 0.444 e. The van der Waals surface area contributed by atoms with E-state index in [1.165, 1.54) is 9.13 Å². The molecule has 2 N–H and O–H groups in total. The van der Waals surface area contributed by atoms with E-state index in [0.29, 0.717) is 30.7 Å². The number of benzene rings is 1. The lowest BCUT2D eigenvalue weighted by Crippen LogP contribution is -2.50. The van der Waals surface area contributed by atoms with Gasteiger partial charge in [0.05, 0.1) is 17.1 Å². The van der Waals surface area contributed by atoms with Gasteiger partial charge in [-0.2, -0.15) is 0 Å². The van der Waals surface area contributed by atoms with E-state index in [0.717, 1.165) is 5.56 Å². The number of aromatic nitrogens is 2. The van der Waals surface area contributed by atoms with Crippen LogP contribution in [0.4, 0.5) is 4.79 Å². The summed E-state index contributed by atoms with van der Waals surface area (Å²) in [5.74, 6) is -0.790. The Kier molecular flexibility index (Phi) is 5.58. The van der Waals surface area contributed by atoms with Gasteiger partial charge in [-0.05, 0) is 44.9 Å². The van der Waals surface area contributed by atoms with E-state index in [1.54, 1.807) is 18.0 Å². The fourth-order valence-electron chi connectivity index (χ4n) is 4.36. The second-order valence-electron chi connectivity index (χ2n) is 9.32. The quantitative estimate of drug-likeness (QED) is 0.674. The molecule has 0 saturated carbocycles. The van der Waals surface area contributed by atoms with Crippen LogP contribution < -0.4 is 16.3 Å². The van der Waals surface area contributed by atoms with E-state index in [9.17, 15) is 19.2 Å². The Balaban J connectivity index is 1.71. The number of carbonyl (C=O) groups excluding carboxylic acids is 3. The molecule has 3 amide bonds. The summed E-state index contributed by atoms with van der Waals surface area (Å²) in [5, 5.41) is 5.63. The molecule has 2 aliphatic rings. The summed E-state index contributed by atoms with van der Waals surface area (Å²) in [7, 11) is 1.65. The molecule has 2 aromatic rings. The number of piperazine rings is 1. The number of hydrogen-bond acceptors (Lipinski definition) is 6. The average Bonchev–Trinajstić information content (AvgIpc) is 2.97. The number of nitrogens with one attached hydrogen (secondary N) is 2. The lowest BCUT2D eigenvalue weighted by Gasteiger charge is -2.37. The fraction of sp³-hybridized carbons (Fsp3) is 0.545. The number of fused-ring (bicyclic) bond motifs is 1. The van der Waals surface area contributed by atoms with Crippen LogP contribution in [0.2, 0.25) is 0 Å². The van der Waals surface area contributed by atoms with Gasteiger partial charge in [-0.15, -0.1) is 0 Å². The average molecular weight is 444 g/mol. The predicted molar refractivity (Wildman–Crippen MR) is 117 cm³/mol. The highest BCUT2D eigenvalue weighted by Gasteiger charge is 2.34. The van der Waals surface area contributed by atoms with Gasteiger partial charge in [0.1, 0.15) is 11.6 Å². The Hall–Kier alpha value is -3.14.